The maximum atomic E-state index is 11.0. The van der Waals surface area contributed by atoms with Crippen molar-refractivity contribution >= 4 is 18.4 Å². The van der Waals surface area contributed by atoms with Gasteiger partial charge >= 0.3 is 5.97 Å². The van der Waals surface area contributed by atoms with E-state index in [1.807, 2.05) is 12.1 Å². The lowest BCUT2D eigenvalue weighted by molar-refractivity contribution is 0.0694. The zero-order valence-electron chi connectivity index (χ0n) is 9.76. The van der Waals surface area contributed by atoms with Gasteiger partial charge in [0.2, 0.25) is 0 Å². The minimum atomic E-state index is -0.826. The Balaban J connectivity index is 0.00000144. The molecule has 1 heterocycles. The number of piperidine rings is 1. The summed E-state index contributed by atoms with van der Waals surface area (Å²) in [6, 6.07) is 7.29. The van der Waals surface area contributed by atoms with Gasteiger partial charge in [0.1, 0.15) is 0 Å². The Kier molecular flexibility index (Phi) is 5.45. The normalized spacial score (nSPS) is 16.2. The highest BCUT2D eigenvalue weighted by Crippen LogP contribution is 2.15. The van der Waals surface area contributed by atoms with Gasteiger partial charge in [-0.15, -0.1) is 12.4 Å². The quantitative estimate of drug-likeness (QED) is 0.903. The van der Waals surface area contributed by atoms with Crippen molar-refractivity contribution in [3.8, 4) is 0 Å². The molecule has 0 aromatic heterocycles. The summed E-state index contributed by atoms with van der Waals surface area (Å²) in [6.07, 6.45) is 3.77. The number of halogens is 1. The van der Waals surface area contributed by atoms with Crippen molar-refractivity contribution < 1.29 is 9.90 Å². The molecule has 1 aromatic carbocycles. The highest BCUT2D eigenvalue weighted by molar-refractivity contribution is 5.89. The van der Waals surface area contributed by atoms with Crippen molar-refractivity contribution in [1.82, 2.24) is 4.90 Å². The predicted molar refractivity (Wildman–Crippen MR) is 69.8 cm³/mol. The van der Waals surface area contributed by atoms with Crippen LogP contribution in [-0.4, -0.2) is 29.1 Å². The zero-order chi connectivity index (χ0) is 11.4. The molecule has 0 bridgehead atoms. The van der Waals surface area contributed by atoms with E-state index in [1.165, 1.54) is 19.3 Å². The monoisotopic (exact) mass is 255 g/mol. The molecule has 1 aliphatic heterocycles. The van der Waals surface area contributed by atoms with Crippen molar-refractivity contribution in [3.63, 3.8) is 0 Å². The second-order valence-electron chi connectivity index (χ2n) is 4.30. The van der Waals surface area contributed by atoms with Crippen molar-refractivity contribution in [3.05, 3.63) is 35.4 Å². The van der Waals surface area contributed by atoms with Crippen LogP contribution in [0.25, 0.3) is 0 Å². The molecule has 0 amide bonds. The largest absolute Gasteiger partial charge is 0.478 e. The molecule has 1 saturated heterocycles. The van der Waals surface area contributed by atoms with Gasteiger partial charge < -0.3 is 5.11 Å². The topological polar surface area (TPSA) is 40.5 Å². The predicted octanol–water partition coefficient (Wildman–Crippen LogP) is 2.79. The van der Waals surface area contributed by atoms with Gasteiger partial charge in [-0.3, -0.25) is 4.90 Å². The SMILES string of the molecule is Cl.O=C(O)c1ccccc1CN1CCCCC1. The van der Waals surface area contributed by atoms with Gasteiger partial charge in [0.25, 0.3) is 0 Å². The van der Waals surface area contributed by atoms with Crippen LogP contribution in [0.15, 0.2) is 24.3 Å². The molecule has 0 radical (unpaired) electrons. The number of nitrogens with zero attached hydrogens (tertiary/aromatic N) is 1. The molecule has 1 aliphatic rings. The number of carboxylic acid groups (broad SMARTS) is 1. The number of carboxylic acids is 1. The minimum Gasteiger partial charge on any atom is -0.478 e. The van der Waals surface area contributed by atoms with Gasteiger partial charge in [0.15, 0.2) is 0 Å². The summed E-state index contributed by atoms with van der Waals surface area (Å²) in [7, 11) is 0. The fourth-order valence-electron chi connectivity index (χ4n) is 2.23. The van der Waals surface area contributed by atoms with E-state index in [2.05, 4.69) is 4.90 Å². The molecule has 94 valence electrons. The van der Waals surface area contributed by atoms with Crippen LogP contribution >= 0.6 is 12.4 Å². The first-order valence-corrected chi connectivity index (χ1v) is 5.81. The van der Waals surface area contributed by atoms with E-state index in [1.54, 1.807) is 12.1 Å². The number of rotatable bonds is 3. The standard InChI is InChI=1S/C13H17NO2.ClH/c15-13(16)12-7-3-2-6-11(12)10-14-8-4-1-5-9-14;/h2-3,6-7H,1,4-5,8-10H2,(H,15,16);1H. The lowest BCUT2D eigenvalue weighted by Crippen LogP contribution is -2.29. The van der Waals surface area contributed by atoms with Crippen LogP contribution in [0.1, 0.15) is 35.2 Å². The van der Waals surface area contributed by atoms with E-state index in [0.717, 1.165) is 25.2 Å². The molecule has 0 unspecified atom stereocenters. The van der Waals surface area contributed by atoms with Gasteiger partial charge in [-0.05, 0) is 37.6 Å². The second kappa shape index (κ2) is 6.62. The minimum absolute atomic E-state index is 0. The number of likely N-dealkylation sites (tertiary alicyclic amines) is 1. The molecule has 2 rings (SSSR count). The first-order chi connectivity index (χ1) is 7.77. The van der Waals surface area contributed by atoms with Crippen molar-refractivity contribution in [2.24, 2.45) is 0 Å². The summed E-state index contributed by atoms with van der Waals surface area (Å²) in [5, 5.41) is 9.08. The van der Waals surface area contributed by atoms with Crippen LogP contribution in [0.3, 0.4) is 0 Å². The average Bonchev–Trinajstić information content (AvgIpc) is 2.31. The number of carbonyl (C=O) groups is 1. The fraction of sp³-hybridized carbons (Fsp3) is 0.462. The summed E-state index contributed by atoms with van der Waals surface area (Å²) in [5.41, 5.74) is 1.37. The van der Waals surface area contributed by atoms with Crippen LogP contribution in [0, 0.1) is 0 Å². The third kappa shape index (κ3) is 3.72. The Morgan fingerprint density at radius 1 is 1.18 bits per heavy atom. The molecule has 3 nitrogen and oxygen atoms in total. The lowest BCUT2D eigenvalue weighted by Gasteiger charge is -2.26. The van der Waals surface area contributed by atoms with E-state index in [0.29, 0.717) is 5.56 Å². The molecule has 17 heavy (non-hydrogen) atoms. The van der Waals surface area contributed by atoms with Gasteiger partial charge in [-0.2, -0.15) is 0 Å². The number of benzene rings is 1. The maximum absolute atomic E-state index is 11.0. The fourth-order valence-corrected chi connectivity index (χ4v) is 2.23. The Morgan fingerprint density at radius 3 is 2.47 bits per heavy atom. The molecule has 4 heteroatoms. The molecular formula is C13H18ClNO2. The van der Waals surface area contributed by atoms with Crippen LogP contribution in [-0.2, 0) is 6.54 Å². The highest BCUT2D eigenvalue weighted by atomic mass is 35.5. The molecule has 0 saturated carbocycles. The summed E-state index contributed by atoms with van der Waals surface area (Å²) in [5.74, 6) is -0.826. The summed E-state index contributed by atoms with van der Waals surface area (Å²) in [4.78, 5) is 13.4. The Labute approximate surface area is 108 Å². The summed E-state index contributed by atoms with van der Waals surface area (Å²) >= 11 is 0. The van der Waals surface area contributed by atoms with E-state index < -0.39 is 5.97 Å². The first-order valence-electron chi connectivity index (χ1n) is 5.81. The second-order valence-corrected chi connectivity index (χ2v) is 4.30. The molecule has 0 spiro atoms. The van der Waals surface area contributed by atoms with Crippen molar-refractivity contribution in [2.75, 3.05) is 13.1 Å². The van der Waals surface area contributed by atoms with E-state index in [-0.39, 0.29) is 12.4 Å². The first kappa shape index (κ1) is 14.0. The van der Waals surface area contributed by atoms with Gasteiger partial charge in [-0.25, -0.2) is 4.79 Å². The smallest absolute Gasteiger partial charge is 0.336 e. The molecule has 1 fully saturated rings. The summed E-state index contributed by atoms with van der Waals surface area (Å²) < 4.78 is 0. The maximum Gasteiger partial charge on any atom is 0.336 e. The summed E-state index contributed by atoms with van der Waals surface area (Å²) in [6.45, 7) is 2.95. The van der Waals surface area contributed by atoms with Gasteiger partial charge in [-0.1, -0.05) is 24.6 Å². The Bertz CT molecular complexity index is 375. The molecule has 0 atom stereocenters. The molecule has 0 aliphatic carbocycles. The van der Waals surface area contributed by atoms with Crippen molar-refractivity contribution in [1.29, 1.82) is 0 Å². The lowest BCUT2D eigenvalue weighted by atomic mass is 10.1. The molecule has 1 N–H and O–H groups in total. The number of hydrogen-bond acceptors (Lipinski definition) is 2. The van der Waals surface area contributed by atoms with Gasteiger partial charge in [0.05, 0.1) is 5.56 Å². The van der Waals surface area contributed by atoms with Crippen LogP contribution in [0.5, 0.6) is 0 Å². The van der Waals surface area contributed by atoms with E-state index >= 15 is 0 Å². The number of aromatic carboxylic acids is 1. The third-order valence-corrected chi connectivity index (χ3v) is 3.09. The molecule has 1 aromatic rings. The molecular weight excluding hydrogens is 238 g/mol. The Morgan fingerprint density at radius 2 is 1.82 bits per heavy atom. The highest BCUT2D eigenvalue weighted by Gasteiger charge is 2.14. The van der Waals surface area contributed by atoms with Crippen LogP contribution in [0.4, 0.5) is 0 Å². The zero-order valence-corrected chi connectivity index (χ0v) is 10.6. The van der Waals surface area contributed by atoms with Crippen molar-refractivity contribution in [2.45, 2.75) is 25.8 Å². The average molecular weight is 256 g/mol. The van der Waals surface area contributed by atoms with Crippen LogP contribution < -0.4 is 0 Å². The van der Waals surface area contributed by atoms with Gasteiger partial charge in [0, 0.05) is 6.54 Å². The van der Waals surface area contributed by atoms with E-state index in [9.17, 15) is 4.79 Å². The van der Waals surface area contributed by atoms with Crippen LogP contribution in [0.2, 0.25) is 0 Å². The van der Waals surface area contributed by atoms with E-state index in [4.69, 9.17) is 5.11 Å². The number of hydrogen-bond donors (Lipinski definition) is 1. The Hall–Kier alpha value is -1.06. The third-order valence-electron chi connectivity index (χ3n) is 3.09.